The molecule has 34 heavy (non-hydrogen) atoms. The topological polar surface area (TPSA) is 47.0 Å². The maximum atomic E-state index is 13.2. The van der Waals surface area contributed by atoms with Gasteiger partial charge in [-0.2, -0.15) is 26.3 Å². The van der Waals surface area contributed by atoms with Crippen molar-refractivity contribution >= 4 is 11.5 Å². The van der Waals surface area contributed by atoms with E-state index in [1.807, 2.05) is 4.90 Å². The highest BCUT2D eigenvalue weighted by atomic mass is 19.4. The van der Waals surface area contributed by atoms with E-state index < -0.39 is 23.5 Å². The van der Waals surface area contributed by atoms with E-state index in [2.05, 4.69) is 10.1 Å². The molecule has 5 nitrogen and oxygen atoms in total. The van der Waals surface area contributed by atoms with Crippen molar-refractivity contribution < 1.29 is 35.9 Å². The Morgan fingerprint density at radius 3 is 2.06 bits per heavy atom. The normalized spacial score (nSPS) is 22.5. The molecule has 2 atom stereocenters. The van der Waals surface area contributed by atoms with Crippen LogP contribution in [0.5, 0.6) is 11.5 Å². The Morgan fingerprint density at radius 2 is 1.53 bits per heavy atom. The number of nitrogens with zero attached hydrogens (tertiary/aromatic N) is 3. The quantitative estimate of drug-likeness (QED) is 0.276. The third kappa shape index (κ3) is 5.23. The van der Waals surface area contributed by atoms with Gasteiger partial charge in [-0.05, 0) is 57.0 Å². The summed E-state index contributed by atoms with van der Waals surface area (Å²) < 4.78 is 84.1. The van der Waals surface area contributed by atoms with E-state index in [1.54, 1.807) is 13.8 Å². The Labute approximate surface area is 192 Å². The zero-order chi connectivity index (χ0) is 24.7. The van der Waals surface area contributed by atoms with E-state index in [0.29, 0.717) is 24.4 Å². The summed E-state index contributed by atoms with van der Waals surface area (Å²) in [6.45, 7) is 3.30. The van der Waals surface area contributed by atoms with Crippen LogP contribution < -0.4 is 14.5 Å². The molecule has 2 aromatic rings. The van der Waals surface area contributed by atoms with Crippen LogP contribution in [0.2, 0.25) is 0 Å². The van der Waals surface area contributed by atoms with Crippen molar-refractivity contribution in [3.63, 3.8) is 0 Å². The summed E-state index contributed by atoms with van der Waals surface area (Å²) in [4.78, 5) is 11.3. The highest BCUT2D eigenvalue weighted by Crippen LogP contribution is 2.42. The molecule has 11 heteroatoms. The molecule has 0 radical (unpaired) electrons. The number of benzene rings is 1. The maximum Gasteiger partial charge on any atom is 0.417 e. The predicted molar refractivity (Wildman–Crippen MR) is 113 cm³/mol. The van der Waals surface area contributed by atoms with Gasteiger partial charge in [-0.15, -0.1) is 0 Å². The van der Waals surface area contributed by atoms with E-state index >= 15 is 0 Å². The lowest BCUT2D eigenvalue weighted by atomic mass is 9.99. The molecule has 184 valence electrons. The summed E-state index contributed by atoms with van der Waals surface area (Å²) >= 11 is 0. The number of alkyl halides is 6. The SMILES string of the molecule is CC(C)=NOc1cc(C(F)(F)F)ccc1OC1CC2CCC(C1)N2c1ccc(C(F)(F)F)cn1. The fraction of sp³-hybridized carbons (Fsp3) is 0.478. The molecule has 1 aromatic carbocycles. The first-order valence-corrected chi connectivity index (χ1v) is 10.8. The van der Waals surface area contributed by atoms with Gasteiger partial charge in [0.2, 0.25) is 0 Å². The Balaban J connectivity index is 1.50. The van der Waals surface area contributed by atoms with Crippen LogP contribution in [0.3, 0.4) is 0 Å². The lowest BCUT2D eigenvalue weighted by Gasteiger charge is -2.39. The second kappa shape index (κ2) is 8.99. The fourth-order valence-corrected chi connectivity index (χ4v) is 4.48. The lowest BCUT2D eigenvalue weighted by molar-refractivity contribution is -0.138. The molecule has 2 bridgehead atoms. The average molecular weight is 487 g/mol. The molecule has 3 heterocycles. The number of hydrogen-bond acceptors (Lipinski definition) is 5. The summed E-state index contributed by atoms with van der Waals surface area (Å²) in [6, 6.07) is 5.42. The Hall–Kier alpha value is -2.98. The number of hydrogen-bond donors (Lipinski definition) is 0. The van der Waals surface area contributed by atoms with Crippen molar-refractivity contribution in [2.24, 2.45) is 5.16 Å². The first-order valence-electron chi connectivity index (χ1n) is 10.8. The van der Waals surface area contributed by atoms with Gasteiger partial charge in [0, 0.05) is 31.1 Å². The number of pyridine rings is 1. The first-order chi connectivity index (χ1) is 15.9. The monoisotopic (exact) mass is 487 g/mol. The Morgan fingerprint density at radius 1 is 0.912 bits per heavy atom. The van der Waals surface area contributed by atoms with Crippen LogP contribution in [0.1, 0.15) is 50.7 Å². The molecule has 4 rings (SSSR count). The van der Waals surface area contributed by atoms with Gasteiger partial charge in [0.05, 0.1) is 16.8 Å². The van der Waals surface area contributed by atoms with Crippen molar-refractivity contribution in [3.05, 3.63) is 47.7 Å². The number of oxime groups is 1. The lowest BCUT2D eigenvalue weighted by Crippen LogP contribution is -2.46. The maximum absolute atomic E-state index is 13.2. The third-order valence-corrected chi connectivity index (χ3v) is 5.92. The van der Waals surface area contributed by atoms with Crippen LogP contribution in [-0.4, -0.2) is 28.9 Å². The molecule has 2 fully saturated rings. The molecular formula is C23H23F6N3O2. The van der Waals surface area contributed by atoms with E-state index in [0.717, 1.165) is 37.2 Å². The highest BCUT2D eigenvalue weighted by molar-refractivity contribution is 5.78. The van der Waals surface area contributed by atoms with Gasteiger partial charge in [-0.25, -0.2) is 4.98 Å². The number of ether oxygens (including phenoxy) is 1. The second-order valence-corrected chi connectivity index (χ2v) is 8.70. The van der Waals surface area contributed by atoms with Crippen LogP contribution >= 0.6 is 0 Å². The summed E-state index contributed by atoms with van der Waals surface area (Å²) in [5.41, 5.74) is -1.15. The molecule has 1 aromatic heterocycles. The molecule has 2 aliphatic heterocycles. The summed E-state index contributed by atoms with van der Waals surface area (Å²) in [6.07, 6.45) is -5.71. The molecule has 0 spiro atoms. The minimum atomic E-state index is -4.54. The molecule has 0 amide bonds. The fourth-order valence-electron chi connectivity index (χ4n) is 4.48. The van der Waals surface area contributed by atoms with E-state index in [-0.39, 0.29) is 29.7 Å². The summed E-state index contributed by atoms with van der Waals surface area (Å²) in [5.74, 6) is 0.504. The number of piperidine rings is 1. The van der Waals surface area contributed by atoms with Crippen LogP contribution in [-0.2, 0) is 12.4 Å². The van der Waals surface area contributed by atoms with Crippen LogP contribution in [0.4, 0.5) is 32.2 Å². The zero-order valence-corrected chi connectivity index (χ0v) is 18.5. The summed E-state index contributed by atoms with van der Waals surface area (Å²) in [5, 5.41) is 3.76. The number of anilines is 1. The standard InChI is InChI=1S/C23H23F6N3O2/c1-13(2)31-34-20-9-14(22(24,25)26)3-7-19(20)33-18-10-16-5-6-17(11-18)32(16)21-8-4-15(12-30-21)23(27,28)29/h3-4,7-9,12,16-18H,5-6,10-11H2,1-2H3. The van der Waals surface area contributed by atoms with Gasteiger partial charge >= 0.3 is 12.4 Å². The van der Waals surface area contributed by atoms with Gasteiger partial charge in [0.15, 0.2) is 11.5 Å². The van der Waals surface area contributed by atoms with Gasteiger partial charge < -0.3 is 14.5 Å². The minimum Gasteiger partial charge on any atom is -0.486 e. The number of halogens is 6. The van der Waals surface area contributed by atoms with E-state index in [9.17, 15) is 26.3 Å². The smallest absolute Gasteiger partial charge is 0.417 e. The number of fused-ring (bicyclic) bond motifs is 2. The van der Waals surface area contributed by atoms with Crippen molar-refractivity contribution in [2.75, 3.05) is 4.90 Å². The van der Waals surface area contributed by atoms with E-state index in [1.165, 1.54) is 12.1 Å². The molecule has 2 unspecified atom stereocenters. The zero-order valence-electron chi connectivity index (χ0n) is 18.5. The average Bonchev–Trinajstić information content (AvgIpc) is 3.02. The molecule has 0 saturated carbocycles. The van der Waals surface area contributed by atoms with Gasteiger partial charge in [0.25, 0.3) is 0 Å². The number of aromatic nitrogens is 1. The van der Waals surface area contributed by atoms with Gasteiger partial charge in [0.1, 0.15) is 11.9 Å². The number of rotatable bonds is 5. The van der Waals surface area contributed by atoms with Gasteiger partial charge in [-0.3, -0.25) is 0 Å². The predicted octanol–water partition coefficient (Wildman–Crippen LogP) is 6.47. The van der Waals surface area contributed by atoms with Crippen molar-refractivity contribution in [1.29, 1.82) is 0 Å². The van der Waals surface area contributed by atoms with Crippen LogP contribution in [0.15, 0.2) is 41.7 Å². The highest BCUT2D eigenvalue weighted by Gasteiger charge is 2.43. The molecular weight excluding hydrogens is 464 g/mol. The summed E-state index contributed by atoms with van der Waals surface area (Å²) in [7, 11) is 0. The van der Waals surface area contributed by atoms with Crippen molar-refractivity contribution in [3.8, 4) is 11.5 Å². The third-order valence-electron chi connectivity index (χ3n) is 5.92. The van der Waals surface area contributed by atoms with Crippen molar-refractivity contribution in [2.45, 2.75) is 70.1 Å². The molecule has 0 aliphatic carbocycles. The van der Waals surface area contributed by atoms with E-state index in [4.69, 9.17) is 9.57 Å². The molecule has 0 N–H and O–H groups in total. The first kappa shape index (κ1) is 24.2. The largest absolute Gasteiger partial charge is 0.486 e. The Kier molecular flexibility index (Phi) is 6.39. The second-order valence-electron chi connectivity index (χ2n) is 8.70. The Bertz CT molecular complexity index is 1030. The molecule has 2 saturated heterocycles. The van der Waals surface area contributed by atoms with Gasteiger partial charge in [-0.1, -0.05) is 5.16 Å². The minimum absolute atomic E-state index is 0.00251. The van der Waals surface area contributed by atoms with Crippen molar-refractivity contribution in [1.82, 2.24) is 4.98 Å². The molecule has 2 aliphatic rings. The van der Waals surface area contributed by atoms with Crippen LogP contribution in [0.25, 0.3) is 0 Å². The van der Waals surface area contributed by atoms with Crippen LogP contribution in [0, 0.1) is 0 Å².